The molecule has 0 radical (unpaired) electrons. The molecule has 1 aliphatic heterocycles. The third-order valence-electron chi connectivity index (χ3n) is 6.43. The SMILES string of the molecule is c1ccc2c(CNCCCCNCCCCN3CCNCC3)c3ccccc3cc2c1. The van der Waals surface area contributed by atoms with Crippen molar-refractivity contribution in [1.82, 2.24) is 20.9 Å². The Labute approximate surface area is 187 Å². The highest BCUT2D eigenvalue weighted by atomic mass is 15.2. The Bertz CT molecular complexity index is 879. The average molecular weight is 419 g/mol. The molecule has 1 aliphatic rings. The number of rotatable bonds is 12. The Morgan fingerprint density at radius 1 is 0.710 bits per heavy atom. The van der Waals surface area contributed by atoms with E-state index in [9.17, 15) is 0 Å². The van der Waals surface area contributed by atoms with E-state index in [-0.39, 0.29) is 0 Å². The molecular weight excluding hydrogens is 380 g/mol. The van der Waals surface area contributed by atoms with Gasteiger partial charge in [0.05, 0.1) is 0 Å². The second-order valence-corrected chi connectivity index (χ2v) is 8.73. The Morgan fingerprint density at radius 2 is 1.29 bits per heavy atom. The van der Waals surface area contributed by atoms with Crippen LogP contribution in [0.25, 0.3) is 21.5 Å². The fourth-order valence-electron chi connectivity index (χ4n) is 4.66. The van der Waals surface area contributed by atoms with Gasteiger partial charge < -0.3 is 20.9 Å². The molecule has 31 heavy (non-hydrogen) atoms. The van der Waals surface area contributed by atoms with Crippen LogP contribution in [0.5, 0.6) is 0 Å². The number of nitrogens with zero attached hydrogens (tertiary/aromatic N) is 1. The highest BCUT2D eigenvalue weighted by Gasteiger charge is 2.08. The van der Waals surface area contributed by atoms with Gasteiger partial charge in [-0.3, -0.25) is 0 Å². The van der Waals surface area contributed by atoms with Gasteiger partial charge >= 0.3 is 0 Å². The van der Waals surface area contributed by atoms with Gasteiger partial charge in [-0.1, -0.05) is 48.5 Å². The van der Waals surface area contributed by atoms with Gasteiger partial charge in [-0.25, -0.2) is 0 Å². The minimum Gasteiger partial charge on any atom is -0.317 e. The van der Waals surface area contributed by atoms with Crippen molar-refractivity contribution < 1.29 is 0 Å². The molecule has 4 nitrogen and oxygen atoms in total. The number of benzene rings is 3. The molecule has 3 N–H and O–H groups in total. The molecule has 0 spiro atoms. The summed E-state index contributed by atoms with van der Waals surface area (Å²) < 4.78 is 0. The van der Waals surface area contributed by atoms with Gasteiger partial charge in [-0.05, 0) is 85.0 Å². The van der Waals surface area contributed by atoms with E-state index in [4.69, 9.17) is 0 Å². The summed E-state index contributed by atoms with van der Waals surface area (Å²) in [5.41, 5.74) is 1.43. The van der Waals surface area contributed by atoms with E-state index in [1.54, 1.807) is 0 Å². The Kier molecular flexibility index (Phi) is 8.72. The first kappa shape index (κ1) is 22.2. The molecule has 1 saturated heterocycles. The van der Waals surface area contributed by atoms with Crippen LogP contribution in [0.1, 0.15) is 31.2 Å². The van der Waals surface area contributed by atoms with E-state index in [1.807, 2.05) is 0 Å². The Balaban J connectivity index is 1.12. The first-order chi connectivity index (χ1) is 15.4. The molecule has 3 aromatic carbocycles. The van der Waals surface area contributed by atoms with Crippen LogP contribution in [0.15, 0.2) is 54.6 Å². The maximum Gasteiger partial charge on any atom is 0.0217 e. The lowest BCUT2D eigenvalue weighted by Crippen LogP contribution is -2.43. The number of unbranched alkanes of at least 4 members (excludes halogenated alkanes) is 2. The largest absolute Gasteiger partial charge is 0.317 e. The second kappa shape index (κ2) is 12.2. The minimum atomic E-state index is 0.932. The lowest BCUT2D eigenvalue weighted by Gasteiger charge is -2.27. The fraction of sp³-hybridized carbons (Fsp3) is 0.481. The van der Waals surface area contributed by atoms with Gasteiger partial charge in [0.1, 0.15) is 0 Å². The third-order valence-corrected chi connectivity index (χ3v) is 6.43. The van der Waals surface area contributed by atoms with Crippen LogP contribution in [-0.4, -0.2) is 57.3 Å². The molecule has 0 aromatic heterocycles. The standard InChI is InChI=1S/C27H38N4/c1-3-11-25-23(9-1)21-24-10-2-4-12-26(24)27(25)22-30-15-6-5-13-28-14-7-8-18-31-19-16-29-17-20-31/h1-4,9-12,21,28-30H,5-8,13-20,22H2. The molecule has 3 aromatic rings. The summed E-state index contributed by atoms with van der Waals surface area (Å²) in [5.74, 6) is 0. The molecule has 0 aliphatic carbocycles. The molecule has 4 heteroatoms. The Morgan fingerprint density at radius 3 is 1.97 bits per heavy atom. The first-order valence-electron chi connectivity index (χ1n) is 12.2. The van der Waals surface area contributed by atoms with Crippen LogP contribution in [0.2, 0.25) is 0 Å². The van der Waals surface area contributed by atoms with Crippen LogP contribution in [0, 0.1) is 0 Å². The molecular formula is C27H38N4. The van der Waals surface area contributed by atoms with Gasteiger partial charge in [0, 0.05) is 32.7 Å². The molecule has 166 valence electrons. The van der Waals surface area contributed by atoms with E-state index in [0.717, 1.165) is 39.3 Å². The summed E-state index contributed by atoms with van der Waals surface area (Å²) in [6.45, 7) is 10.3. The average Bonchev–Trinajstić information content (AvgIpc) is 2.82. The number of hydrogen-bond acceptors (Lipinski definition) is 4. The number of fused-ring (bicyclic) bond motifs is 2. The number of piperazine rings is 1. The monoisotopic (exact) mass is 418 g/mol. The van der Waals surface area contributed by atoms with Crippen LogP contribution in [0.3, 0.4) is 0 Å². The summed E-state index contributed by atoms with van der Waals surface area (Å²) in [6, 6.07) is 19.8. The zero-order chi connectivity index (χ0) is 21.1. The predicted octanol–water partition coefficient (Wildman–Crippen LogP) is 4.14. The van der Waals surface area contributed by atoms with Gasteiger partial charge in [-0.2, -0.15) is 0 Å². The molecule has 4 rings (SSSR count). The maximum atomic E-state index is 3.70. The number of hydrogen-bond donors (Lipinski definition) is 3. The zero-order valence-electron chi connectivity index (χ0n) is 18.8. The highest BCUT2D eigenvalue weighted by molar-refractivity contribution is 6.02. The topological polar surface area (TPSA) is 39.3 Å². The summed E-state index contributed by atoms with van der Waals surface area (Å²) >= 11 is 0. The molecule has 0 saturated carbocycles. The molecule has 0 bridgehead atoms. The van der Waals surface area contributed by atoms with E-state index >= 15 is 0 Å². The van der Waals surface area contributed by atoms with Crippen molar-refractivity contribution in [2.75, 3.05) is 52.4 Å². The van der Waals surface area contributed by atoms with Gasteiger partial charge in [0.25, 0.3) is 0 Å². The van der Waals surface area contributed by atoms with Gasteiger partial charge in [-0.15, -0.1) is 0 Å². The zero-order valence-corrected chi connectivity index (χ0v) is 18.8. The molecule has 1 heterocycles. The summed E-state index contributed by atoms with van der Waals surface area (Å²) in [5, 5.41) is 16.1. The maximum absolute atomic E-state index is 3.70. The minimum absolute atomic E-state index is 0.932. The van der Waals surface area contributed by atoms with Crippen LogP contribution < -0.4 is 16.0 Å². The van der Waals surface area contributed by atoms with Crippen LogP contribution in [-0.2, 0) is 6.54 Å². The summed E-state index contributed by atoms with van der Waals surface area (Å²) in [4.78, 5) is 2.58. The van der Waals surface area contributed by atoms with E-state index < -0.39 is 0 Å². The molecule has 1 fully saturated rings. The molecule has 0 atom stereocenters. The predicted molar refractivity (Wildman–Crippen MR) is 134 cm³/mol. The molecule has 0 amide bonds. The van der Waals surface area contributed by atoms with Crippen molar-refractivity contribution in [2.45, 2.75) is 32.2 Å². The van der Waals surface area contributed by atoms with Crippen LogP contribution in [0.4, 0.5) is 0 Å². The van der Waals surface area contributed by atoms with Crippen molar-refractivity contribution in [2.24, 2.45) is 0 Å². The lowest BCUT2D eigenvalue weighted by molar-refractivity contribution is 0.236. The molecule has 0 unspecified atom stereocenters. The summed E-state index contributed by atoms with van der Waals surface area (Å²) in [7, 11) is 0. The summed E-state index contributed by atoms with van der Waals surface area (Å²) in [6.07, 6.45) is 5.06. The first-order valence-corrected chi connectivity index (χ1v) is 12.2. The normalized spacial score (nSPS) is 15.1. The van der Waals surface area contributed by atoms with Crippen molar-refractivity contribution in [3.63, 3.8) is 0 Å². The third kappa shape index (κ3) is 6.50. The van der Waals surface area contributed by atoms with Crippen molar-refractivity contribution >= 4 is 21.5 Å². The van der Waals surface area contributed by atoms with E-state index in [0.29, 0.717) is 0 Å². The van der Waals surface area contributed by atoms with Crippen LogP contribution >= 0.6 is 0 Å². The smallest absolute Gasteiger partial charge is 0.0217 e. The van der Waals surface area contributed by atoms with E-state index in [2.05, 4.69) is 75.4 Å². The van der Waals surface area contributed by atoms with Gasteiger partial charge in [0.15, 0.2) is 0 Å². The van der Waals surface area contributed by atoms with Crippen molar-refractivity contribution in [3.05, 3.63) is 60.2 Å². The van der Waals surface area contributed by atoms with Crippen molar-refractivity contribution in [3.8, 4) is 0 Å². The quantitative estimate of drug-likeness (QED) is 0.305. The Hall–Kier alpha value is -1.98. The number of nitrogens with one attached hydrogen (secondary N) is 3. The lowest BCUT2D eigenvalue weighted by atomic mass is 9.97. The van der Waals surface area contributed by atoms with E-state index in [1.165, 1.54) is 72.4 Å². The second-order valence-electron chi connectivity index (χ2n) is 8.73. The van der Waals surface area contributed by atoms with Crippen molar-refractivity contribution in [1.29, 1.82) is 0 Å². The fourth-order valence-corrected chi connectivity index (χ4v) is 4.66. The highest BCUT2D eigenvalue weighted by Crippen LogP contribution is 2.28. The van der Waals surface area contributed by atoms with Gasteiger partial charge in [0.2, 0.25) is 0 Å².